The molecule has 0 atom stereocenters. The van der Waals surface area contributed by atoms with Gasteiger partial charge in [-0.3, -0.25) is 19.3 Å². The van der Waals surface area contributed by atoms with Gasteiger partial charge in [0.05, 0.1) is 0 Å². The first-order valence-corrected chi connectivity index (χ1v) is 5.97. The van der Waals surface area contributed by atoms with Crippen molar-refractivity contribution < 1.29 is 14.4 Å². The van der Waals surface area contributed by atoms with E-state index in [-0.39, 0.29) is 31.2 Å². The molecule has 0 saturated carbocycles. The van der Waals surface area contributed by atoms with E-state index in [0.717, 1.165) is 10.5 Å². The number of carbonyl (C=O) groups is 3. The molecule has 1 saturated heterocycles. The lowest BCUT2D eigenvalue weighted by Crippen LogP contribution is -2.37. The van der Waals surface area contributed by atoms with E-state index in [9.17, 15) is 14.4 Å². The second-order valence-corrected chi connectivity index (χ2v) is 4.44. The fourth-order valence-electron chi connectivity index (χ4n) is 1.92. The average Bonchev–Trinajstić information content (AvgIpc) is 2.67. The number of rotatable bonds is 3. The van der Waals surface area contributed by atoms with E-state index in [1.54, 1.807) is 25.1 Å². The molecule has 2 rings (SSSR count). The summed E-state index contributed by atoms with van der Waals surface area (Å²) in [5, 5.41) is 2.65. The van der Waals surface area contributed by atoms with E-state index in [1.165, 1.54) is 0 Å². The first-order valence-electron chi connectivity index (χ1n) is 5.97. The molecule has 6 nitrogen and oxygen atoms in total. The van der Waals surface area contributed by atoms with Crippen LogP contribution in [-0.4, -0.2) is 29.2 Å². The molecule has 3 N–H and O–H groups in total. The third-order valence-corrected chi connectivity index (χ3v) is 3.11. The highest BCUT2D eigenvalue weighted by Gasteiger charge is 2.30. The fourth-order valence-corrected chi connectivity index (χ4v) is 1.92. The van der Waals surface area contributed by atoms with Gasteiger partial charge in [-0.25, -0.2) is 0 Å². The van der Waals surface area contributed by atoms with Gasteiger partial charge in [0, 0.05) is 24.2 Å². The van der Waals surface area contributed by atoms with E-state index in [2.05, 4.69) is 5.32 Å². The molecule has 0 unspecified atom stereocenters. The van der Waals surface area contributed by atoms with Crippen LogP contribution in [0.4, 0.5) is 11.4 Å². The number of hydrogen-bond donors (Lipinski definition) is 2. The monoisotopic (exact) mass is 261 g/mol. The summed E-state index contributed by atoms with van der Waals surface area (Å²) in [6, 6.07) is 5.18. The summed E-state index contributed by atoms with van der Waals surface area (Å²) in [5.41, 5.74) is 7.66. The Labute approximate surface area is 110 Å². The molecule has 1 aromatic carbocycles. The molecule has 0 radical (unpaired) electrons. The molecule has 0 aliphatic carbocycles. The number of anilines is 2. The number of nitrogens with two attached hydrogens (primary N) is 1. The lowest BCUT2D eigenvalue weighted by atomic mass is 10.1. The van der Waals surface area contributed by atoms with Gasteiger partial charge in [0.1, 0.15) is 6.54 Å². The number of carbonyl (C=O) groups excluding carboxylic acids is 3. The van der Waals surface area contributed by atoms with Crippen LogP contribution in [0, 0.1) is 6.92 Å². The zero-order chi connectivity index (χ0) is 14.0. The van der Waals surface area contributed by atoms with Gasteiger partial charge < -0.3 is 11.1 Å². The van der Waals surface area contributed by atoms with Crippen molar-refractivity contribution in [2.45, 2.75) is 19.8 Å². The Morgan fingerprint density at radius 3 is 2.58 bits per heavy atom. The van der Waals surface area contributed by atoms with Gasteiger partial charge in [-0.1, -0.05) is 6.07 Å². The smallest absolute Gasteiger partial charge is 0.244 e. The van der Waals surface area contributed by atoms with Crippen LogP contribution in [0.1, 0.15) is 18.4 Å². The van der Waals surface area contributed by atoms with Gasteiger partial charge in [-0.15, -0.1) is 0 Å². The van der Waals surface area contributed by atoms with E-state index >= 15 is 0 Å². The summed E-state index contributed by atoms with van der Waals surface area (Å²) in [4.78, 5) is 35.6. The molecule has 0 aromatic heterocycles. The van der Waals surface area contributed by atoms with Crippen molar-refractivity contribution in [1.82, 2.24) is 4.90 Å². The number of nitrogens with one attached hydrogen (secondary N) is 1. The second kappa shape index (κ2) is 5.09. The van der Waals surface area contributed by atoms with Crippen LogP contribution in [-0.2, 0) is 14.4 Å². The third kappa shape index (κ3) is 2.73. The maximum Gasteiger partial charge on any atom is 0.244 e. The first-order chi connectivity index (χ1) is 8.99. The third-order valence-electron chi connectivity index (χ3n) is 3.11. The minimum Gasteiger partial charge on any atom is -0.398 e. The van der Waals surface area contributed by atoms with Crippen molar-refractivity contribution in [2.75, 3.05) is 17.6 Å². The van der Waals surface area contributed by atoms with Crippen molar-refractivity contribution in [3.8, 4) is 0 Å². The highest BCUT2D eigenvalue weighted by Crippen LogP contribution is 2.20. The molecule has 1 aliphatic heterocycles. The maximum absolute atomic E-state index is 11.8. The number of nitrogens with zero attached hydrogens (tertiary/aromatic N) is 1. The van der Waals surface area contributed by atoms with Gasteiger partial charge in [0.15, 0.2) is 0 Å². The van der Waals surface area contributed by atoms with E-state index in [0.29, 0.717) is 11.4 Å². The van der Waals surface area contributed by atoms with Crippen LogP contribution in [0.15, 0.2) is 18.2 Å². The van der Waals surface area contributed by atoms with Crippen molar-refractivity contribution >= 4 is 29.1 Å². The molecule has 100 valence electrons. The Morgan fingerprint density at radius 1 is 1.32 bits per heavy atom. The van der Waals surface area contributed by atoms with Crippen molar-refractivity contribution in [1.29, 1.82) is 0 Å². The van der Waals surface area contributed by atoms with Gasteiger partial charge in [0.25, 0.3) is 0 Å². The van der Waals surface area contributed by atoms with Crippen molar-refractivity contribution in [3.05, 3.63) is 23.8 Å². The second-order valence-electron chi connectivity index (χ2n) is 4.44. The normalized spacial score (nSPS) is 14.9. The molecule has 0 spiro atoms. The number of likely N-dealkylation sites (tertiary alicyclic amines) is 1. The average molecular weight is 261 g/mol. The summed E-state index contributed by atoms with van der Waals surface area (Å²) in [5.74, 6) is -1.01. The number of hydrogen-bond acceptors (Lipinski definition) is 4. The van der Waals surface area contributed by atoms with Crippen molar-refractivity contribution in [2.24, 2.45) is 0 Å². The molecular formula is C13H15N3O3. The van der Waals surface area contributed by atoms with E-state index in [1.807, 2.05) is 0 Å². The van der Waals surface area contributed by atoms with Gasteiger partial charge in [-0.2, -0.15) is 0 Å². The lowest BCUT2D eigenvalue weighted by molar-refractivity contribution is -0.141. The summed E-state index contributed by atoms with van der Waals surface area (Å²) in [6.45, 7) is 1.54. The minimum absolute atomic E-state index is 0.184. The van der Waals surface area contributed by atoms with Crippen LogP contribution in [0.2, 0.25) is 0 Å². The van der Waals surface area contributed by atoms with Crippen LogP contribution in [0.5, 0.6) is 0 Å². The summed E-state index contributed by atoms with van der Waals surface area (Å²) < 4.78 is 0. The molecule has 3 amide bonds. The standard InChI is InChI=1S/C13H15N3O3/c1-8-9(14)3-2-4-10(8)15-11(17)7-16-12(18)5-6-13(16)19/h2-4H,5-7,14H2,1H3,(H,15,17). The molecule has 1 fully saturated rings. The molecule has 0 bridgehead atoms. The van der Waals surface area contributed by atoms with Crippen LogP contribution < -0.4 is 11.1 Å². The Kier molecular flexibility index (Phi) is 3.50. The summed E-state index contributed by atoms with van der Waals surface area (Å²) in [6.07, 6.45) is 0.368. The van der Waals surface area contributed by atoms with Gasteiger partial charge in [0.2, 0.25) is 17.7 Å². The van der Waals surface area contributed by atoms with E-state index < -0.39 is 5.91 Å². The number of amides is 3. The highest BCUT2D eigenvalue weighted by molar-refractivity contribution is 6.06. The lowest BCUT2D eigenvalue weighted by Gasteiger charge is -2.15. The zero-order valence-electron chi connectivity index (χ0n) is 10.6. The molecule has 1 aromatic rings. The Balaban J connectivity index is 2.04. The van der Waals surface area contributed by atoms with Crippen LogP contribution >= 0.6 is 0 Å². The van der Waals surface area contributed by atoms with Crippen molar-refractivity contribution in [3.63, 3.8) is 0 Å². The SMILES string of the molecule is Cc1c(N)cccc1NC(=O)CN1C(=O)CCC1=O. The van der Waals surface area contributed by atoms with Gasteiger partial charge in [-0.05, 0) is 24.6 Å². The minimum atomic E-state index is -0.405. The van der Waals surface area contributed by atoms with Gasteiger partial charge >= 0.3 is 0 Å². The number of benzene rings is 1. The first kappa shape index (κ1) is 13.1. The Bertz CT molecular complexity index is 538. The Hall–Kier alpha value is -2.37. The molecule has 1 aliphatic rings. The topological polar surface area (TPSA) is 92.5 Å². The Morgan fingerprint density at radius 2 is 1.95 bits per heavy atom. The van der Waals surface area contributed by atoms with E-state index in [4.69, 9.17) is 5.73 Å². The fraction of sp³-hybridized carbons (Fsp3) is 0.308. The quantitative estimate of drug-likeness (QED) is 0.617. The summed E-state index contributed by atoms with van der Waals surface area (Å²) >= 11 is 0. The molecular weight excluding hydrogens is 246 g/mol. The maximum atomic E-state index is 11.8. The molecule has 1 heterocycles. The molecule has 6 heteroatoms. The van der Waals surface area contributed by atoms with Crippen LogP contribution in [0.3, 0.4) is 0 Å². The predicted molar refractivity (Wildman–Crippen MR) is 70.2 cm³/mol. The molecule has 19 heavy (non-hydrogen) atoms. The number of nitrogen functional groups attached to an aromatic ring is 1. The largest absolute Gasteiger partial charge is 0.398 e. The summed E-state index contributed by atoms with van der Waals surface area (Å²) in [7, 11) is 0. The number of imide groups is 1. The highest BCUT2D eigenvalue weighted by atomic mass is 16.2. The van der Waals surface area contributed by atoms with Crippen LogP contribution in [0.25, 0.3) is 0 Å². The zero-order valence-corrected chi connectivity index (χ0v) is 10.6. The predicted octanol–water partition coefficient (Wildman–Crippen LogP) is 0.665.